The number of anilines is 1. The van der Waals surface area contributed by atoms with E-state index in [2.05, 4.69) is 28.5 Å². The standard InChI is InChI=1S/C34H40F2N4/c1-4-5-6-7-8-26-9-10-32(36)31(21-26)28-11-15-37-34(23-28)39-17-13-27(14-18-39)25(3)40-33(12-16-38-40)29-19-24(2)20-30(35)22-29/h9-11,15-16,19-23,27,33H,3-8,12-14,17-18H2,1-2H3. The predicted octanol–water partition coefficient (Wildman–Crippen LogP) is 8.62. The zero-order valence-electron chi connectivity index (χ0n) is 23.8. The summed E-state index contributed by atoms with van der Waals surface area (Å²) >= 11 is 0. The maximum atomic E-state index is 14.9. The Balaban J connectivity index is 1.23. The van der Waals surface area contributed by atoms with Gasteiger partial charge >= 0.3 is 0 Å². The van der Waals surface area contributed by atoms with Gasteiger partial charge in [-0.1, -0.05) is 44.9 Å². The molecule has 3 heterocycles. The molecule has 0 bridgehead atoms. The molecule has 2 aliphatic heterocycles. The van der Waals surface area contributed by atoms with Crippen molar-refractivity contribution in [1.29, 1.82) is 0 Å². The minimum Gasteiger partial charge on any atom is -0.357 e. The van der Waals surface area contributed by atoms with Gasteiger partial charge in [0.05, 0.1) is 6.04 Å². The van der Waals surface area contributed by atoms with Crippen LogP contribution in [0.5, 0.6) is 0 Å². The normalized spacial score (nSPS) is 17.6. The van der Waals surface area contributed by atoms with Crippen LogP contribution in [0, 0.1) is 24.5 Å². The summed E-state index contributed by atoms with van der Waals surface area (Å²) in [6.07, 6.45) is 12.0. The van der Waals surface area contributed by atoms with E-state index in [9.17, 15) is 8.78 Å². The second-order valence-electron chi connectivity index (χ2n) is 11.2. The Labute approximate surface area is 237 Å². The molecule has 1 aromatic heterocycles. The van der Waals surface area contributed by atoms with Crippen molar-refractivity contribution < 1.29 is 8.78 Å². The van der Waals surface area contributed by atoms with Gasteiger partial charge in [0.25, 0.3) is 0 Å². The first-order chi connectivity index (χ1) is 19.4. The number of hydrazone groups is 1. The number of hydrogen-bond acceptors (Lipinski definition) is 4. The second-order valence-corrected chi connectivity index (χ2v) is 11.2. The van der Waals surface area contributed by atoms with Gasteiger partial charge < -0.3 is 4.90 Å². The third-order valence-electron chi connectivity index (χ3n) is 8.27. The van der Waals surface area contributed by atoms with E-state index in [1.807, 2.05) is 48.5 Å². The third-order valence-corrected chi connectivity index (χ3v) is 8.27. The summed E-state index contributed by atoms with van der Waals surface area (Å²) in [6, 6.07) is 14.6. The predicted molar refractivity (Wildman–Crippen MR) is 160 cm³/mol. The number of aryl methyl sites for hydroxylation is 2. The molecule has 40 heavy (non-hydrogen) atoms. The van der Waals surface area contributed by atoms with Gasteiger partial charge in [-0.3, -0.25) is 5.01 Å². The van der Waals surface area contributed by atoms with E-state index < -0.39 is 0 Å². The fourth-order valence-electron chi connectivity index (χ4n) is 6.02. The van der Waals surface area contributed by atoms with Crippen LogP contribution in [-0.2, 0) is 6.42 Å². The molecule has 4 nitrogen and oxygen atoms in total. The van der Waals surface area contributed by atoms with Crippen molar-refractivity contribution >= 4 is 12.0 Å². The smallest absolute Gasteiger partial charge is 0.131 e. The molecule has 0 amide bonds. The summed E-state index contributed by atoms with van der Waals surface area (Å²) in [6.45, 7) is 10.2. The Hall–Kier alpha value is -3.54. The Morgan fingerprint density at radius 1 is 1.00 bits per heavy atom. The van der Waals surface area contributed by atoms with Crippen molar-refractivity contribution in [2.24, 2.45) is 11.0 Å². The number of nitrogens with zero attached hydrogens (tertiary/aromatic N) is 4. The number of allylic oxidation sites excluding steroid dienone is 1. The lowest BCUT2D eigenvalue weighted by Gasteiger charge is -2.37. The zero-order valence-corrected chi connectivity index (χ0v) is 23.8. The van der Waals surface area contributed by atoms with Crippen LogP contribution < -0.4 is 4.90 Å². The van der Waals surface area contributed by atoms with Gasteiger partial charge in [-0.15, -0.1) is 0 Å². The topological polar surface area (TPSA) is 31.7 Å². The van der Waals surface area contributed by atoms with Crippen molar-refractivity contribution in [3.63, 3.8) is 0 Å². The lowest BCUT2D eigenvalue weighted by molar-refractivity contribution is 0.248. The first-order valence-electron chi connectivity index (χ1n) is 14.7. The molecule has 0 N–H and O–H groups in total. The fraction of sp³-hybridized carbons (Fsp3) is 0.412. The number of hydrogen-bond donors (Lipinski definition) is 0. The molecule has 0 aliphatic carbocycles. The minimum absolute atomic E-state index is 0.0180. The van der Waals surface area contributed by atoms with Gasteiger partial charge in [0.1, 0.15) is 17.5 Å². The molecule has 2 aliphatic rings. The molecule has 3 aromatic rings. The lowest BCUT2D eigenvalue weighted by Crippen LogP contribution is -2.37. The average molecular weight is 543 g/mol. The quantitative estimate of drug-likeness (QED) is 0.240. The second kappa shape index (κ2) is 12.8. The maximum absolute atomic E-state index is 14.9. The lowest BCUT2D eigenvalue weighted by atomic mass is 9.92. The Morgan fingerprint density at radius 2 is 1.82 bits per heavy atom. The number of rotatable bonds is 10. The van der Waals surface area contributed by atoms with Crippen LogP contribution in [0.25, 0.3) is 11.1 Å². The molecule has 0 saturated carbocycles. The highest BCUT2D eigenvalue weighted by Gasteiger charge is 2.31. The highest BCUT2D eigenvalue weighted by Crippen LogP contribution is 2.38. The number of unbranched alkanes of at least 4 members (excludes halogenated alkanes) is 3. The maximum Gasteiger partial charge on any atom is 0.131 e. The molecule has 1 atom stereocenters. The van der Waals surface area contributed by atoms with Gasteiger partial charge in [0.2, 0.25) is 0 Å². The van der Waals surface area contributed by atoms with Crippen molar-refractivity contribution in [3.8, 4) is 11.1 Å². The SMILES string of the molecule is C=C(C1CCN(c2cc(-c3cc(CCCCCC)ccc3F)ccn2)CC1)N1N=CCC1c1cc(C)cc(F)c1. The molecular formula is C34H40F2N4. The molecule has 1 fully saturated rings. The molecule has 2 aromatic carbocycles. The number of benzene rings is 2. The van der Waals surface area contributed by atoms with Crippen LogP contribution in [-0.4, -0.2) is 29.3 Å². The molecule has 0 radical (unpaired) electrons. The summed E-state index contributed by atoms with van der Waals surface area (Å²) < 4.78 is 29.0. The van der Waals surface area contributed by atoms with Gasteiger partial charge in [0.15, 0.2) is 0 Å². The van der Waals surface area contributed by atoms with Crippen molar-refractivity contribution in [2.45, 2.75) is 71.3 Å². The summed E-state index contributed by atoms with van der Waals surface area (Å²) in [5.41, 5.74) is 5.52. The van der Waals surface area contributed by atoms with E-state index >= 15 is 0 Å². The average Bonchev–Trinajstić information content (AvgIpc) is 3.46. The van der Waals surface area contributed by atoms with E-state index in [1.165, 1.54) is 24.8 Å². The Bertz CT molecular complexity index is 1340. The minimum atomic E-state index is -0.214. The van der Waals surface area contributed by atoms with Crippen molar-refractivity contribution in [2.75, 3.05) is 18.0 Å². The van der Waals surface area contributed by atoms with E-state index in [-0.39, 0.29) is 23.6 Å². The van der Waals surface area contributed by atoms with Gasteiger partial charge in [0, 0.05) is 49.1 Å². The number of halogens is 2. The molecule has 6 heteroatoms. The van der Waals surface area contributed by atoms with Crippen molar-refractivity contribution in [1.82, 2.24) is 9.99 Å². The van der Waals surface area contributed by atoms with E-state index in [1.54, 1.807) is 24.4 Å². The fourth-order valence-corrected chi connectivity index (χ4v) is 6.02. The van der Waals surface area contributed by atoms with Crippen molar-refractivity contribution in [3.05, 3.63) is 95.3 Å². The summed E-state index contributed by atoms with van der Waals surface area (Å²) in [5.74, 6) is 0.753. The van der Waals surface area contributed by atoms with Crippen LogP contribution in [0.4, 0.5) is 14.6 Å². The number of pyridine rings is 1. The van der Waals surface area contributed by atoms with Crippen LogP contribution in [0.2, 0.25) is 0 Å². The van der Waals surface area contributed by atoms with Gasteiger partial charge in [-0.05, 0) is 91.3 Å². The molecular weight excluding hydrogens is 502 g/mol. The van der Waals surface area contributed by atoms with E-state index in [0.29, 0.717) is 5.56 Å². The first kappa shape index (κ1) is 28.0. The monoisotopic (exact) mass is 542 g/mol. The van der Waals surface area contributed by atoms with Crippen LogP contribution in [0.3, 0.4) is 0 Å². The van der Waals surface area contributed by atoms with Crippen LogP contribution >= 0.6 is 0 Å². The molecule has 210 valence electrons. The van der Waals surface area contributed by atoms with Crippen LogP contribution in [0.1, 0.15) is 74.6 Å². The Kier molecular flexibility index (Phi) is 8.93. The summed E-state index contributed by atoms with van der Waals surface area (Å²) in [7, 11) is 0. The Morgan fingerprint density at radius 3 is 2.60 bits per heavy atom. The summed E-state index contributed by atoms with van der Waals surface area (Å²) in [4.78, 5) is 6.92. The number of aromatic nitrogens is 1. The highest BCUT2D eigenvalue weighted by atomic mass is 19.1. The van der Waals surface area contributed by atoms with E-state index in [4.69, 9.17) is 0 Å². The molecule has 1 saturated heterocycles. The number of piperidine rings is 1. The molecule has 0 spiro atoms. The van der Waals surface area contributed by atoms with E-state index in [0.717, 1.165) is 73.4 Å². The summed E-state index contributed by atoms with van der Waals surface area (Å²) in [5, 5.41) is 6.61. The van der Waals surface area contributed by atoms with Gasteiger partial charge in [-0.2, -0.15) is 5.10 Å². The van der Waals surface area contributed by atoms with Crippen LogP contribution in [0.15, 0.2) is 72.1 Å². The first-order valence-corrected chi connectivity index (χ1v) is 14.7. The largest absolute Gasteiger partial charge is 0.357 e. The third kappa shape index (κ3) is 6.43. The molecule has 5 rings (SSSR count). The highest BCUT2D eigenvalue weighted by molar-refractivity contribution is 5.68. The molecule has 1 unspecified atom stereocenters. The van der Waals surface area contributed by atoms with Gasteiger partial charge in [-0.25, -0.2) is 13.8 Å². The zero-order chi connectivity index (χ0) is 28.1.